The Labute approximate surface area is 88.4 Å². The number of carbonyl (C=O) groups is 1. The molecule has 0 aliphatic carbocycles. The van der Waals surface area contributed by atoms with Crippen LogP contribution in [-0.2, 0) is 9.47 Å². The van der Waals surface area contributed by atoms with Crippen LogP contribution < -0.4 is 0 Å². The van der Waals surface area contributed by atoms with Crippen LogP contribution in [0.15, 0.2) is 24.3 Å². The molecule has 0 fully saturated rings. The van der Waals surface area contributed by atoms with E-state index in [4.69, 9.17) is 14.6 Å². The van der Waals surface area contributed by atoms with Gasteiger partial charge in [0.25, 0.3) is 0 Å². The quantitative estimate of drug-likeness (QED) is 0.609. The molecule has 1 unspecified atom stereocenters. The third kappa shape index (κ3) is 3.59. The molecule has 0 saturated carbocycles. The predicted octanol–water partition coefficient (Wildman–Crippen LogP) is 1.93. The molecule has 1 aromatic rings. The van der Waals surface area contributed by atoms with Crippen LogP contribution in [0.2, 0.25) is 0 Å². The fraction of sp³-hybridized carbons (Fsp3) is 0.364. The molecule has 1 aromatic carbocycles. The van der Waals surface area contributed by atoms with Gasteiger partial charge < -0.3 is 14.6 Å². The van der Waals surface area contributed by atoms with Gasteiger partial charge in [0.1, 0.15) is 5.75 Å². The molecule has 0 saturated heterocycles. The molecule has 0 amide bonds. The first-order chi connectivity index (χ1) is 7.13. The number of carbonyl (C=O) groups excluding carboxylic acids is 1. The summed E-state index contributed by atoms with van der Waals surface area (Å²) in [5.74, 6) is -0.347. The lowest BCUT2D eigenvalue weighted by Crippen LogP contribution is -2.18. The molecule has 0 aliphatic heterocycles. The fourth-order valence-electron chi connectivity index (χ4n) is 1.09. The molecule has 82 valence electrons. The van der Waals surface area contributed by atoms with Crippen LogP contribution in [0.3, 0.4) is 0 Å². The maximum Gasteiger partial charge on any atom is 0.340 e. The Balaban J connectivity index is 2.57. The van der Waals surface area contributed by atoms with Crippen LogP contribution in [-0.4, -0.2) is 24.0 Å². The standard InChI is InChI=1S/C11H14O4/c1-3-14-8(2)15-11(13)9-4-6-10(12)7-5-9/h4-8,12H,3H2,1-2H3. The van der Waals surface area contributed by atoms with Gasteiger partial charge in [-0.05, 0) is 38.1 Å². The van der Waals surface area contributed by atoms with Crippen molar-refractivity contribution in [2.24, 2.45) is 0 Å². The molecule has 4 heteroatoms. The van der Waals surface area contributed by atoms with Crippen molar-refractivity contribution in [2.45, 2.75) is 20.1 Å². The summed E-state index contributed by atoms with van der Waals surface area (Å²) >= 11 is 0. The Morgan fingerprint density at radius 1 is 1.40 bits per heavy atom. The normalized spacial score (nSPS) is 12.1. The first-order valence-electron chi connectivity index (χ1n) is 4.75. The van der Waals surface area contributed by atoms with Gasteiger partial charge >= 0.3 is 5.97 Å². The lowest BCUT2D eigenvalue weighted by atomic mass is 10.2. The summed E-state index contributed by atoms with van der Waals surface area (Å²) in [6, 6.07) is 5.86. The van der Waals surface area contributed by atoms with E-state index in [2.05, 4.69) is 0 Å². The summed E-state index contributed by atoms with van der Waals surface area (Å²) in [6.45, 7) is 3.97. The van der Waals surface area contributed by atoms with E-state index in [0.29, 0.717) is 12.2 Å². The number of ether oxygens (including phenoxy) is 2. The van der Waals surface area contributed by atoms with E-state index in [0.717, 1.165) is 0 Å². The van der Waals surface area contributed by atoms with E-state index in [-0.39, 0.29) is 5.75 Å². The number of rotatable bonds is 4. The predicted molar refractivity (Wildman–Crippen MR) is 54.6 cm³/mol. The highest BCUT2D eigenvalue weighted by Gasteiger charge is 2.11. The zero-order valence-corrected chi connectivity index (χ0v) is 8.77. The van der Waals surface area contributed by atoms with E-state index in [1.165, 1.54) is 24.3 Å². The molecule has 0 bridgehead atoms. The number of phenolic OH excluding ortho intramolecular Hbond substituents is 1. The third-order valence-electron chi connectivity index (χ3n) is 1.78. The second kappa shape index (κ2) is 5.36. The Hall–Kier alpha value is -1.55. The van der Waals surface area contributed by atoms with Gasteiger partial charge in [-0.2, -0.15) is 0 Å². The Morgan fingerprint density at radius 2 is 2.00 bits per heavy atom. The van der Waals surface area contributed by atoms with Crippen molar-refractivity contribution >= 4 is 5.97 Å². The molecular formula is C11H14O4. The van der Waals surface area contributed by atoms with E-state index < -0.39 is 12.3 Å². The van der Waals surface area contributed by atoms with Gasteiger partial charge in [0.05, 0.1) is 5.56 Å². The highest BCUT2D eigenvalue weighted by molar-refractivity contribution is 5.89. The Bertz CT molecular complexity index is 318. The summed E-state index contributed by atoms with van der Waals surface area (Å²) in [5, 5.41) is 9.03. The second-order valence-electron chi connectivity index (χ2n) is 2.98. The number of phenols is 1. The van der Waals surface area contributed by atoms with E-state index in [1.54, 1.807) is 6.92 Å². The van der Waals surface area contributed by atoms with Crippen LogP contribution in [0.4, 0.5) is 0 Å². The molecule has 0 aromatic heterocycles. The molecule has 1 rings (SSSR count). The van der Waals surface area contributed by atoms with Crippen molar-refractivity contribution < 1.29 is 19.4 Å². The highest BCUT2D eigenvalue weighted by Crippen LogP contribution is 2.11. The van der Waals surface area contributed by atoms with Crippen LogP contribution in [0, 0.1) is 0 Å². The van der Waals surface area contributed by atoms with Gasteiger partial charge in [0.15, 0.2) is 6.29 Å². The molecule has 0 aliphatic rings. The van der Waals surface area contributed by atoms with Crippen molar-refractivity contribution in [1.29, 1.82) is 0 Å². The summed E-state index contributed by atoms with van der Waals surface area (Å²) < 4.78 is 10.0. The topological polar surface area (TPSA) is 55.8 Å². The Morgan fingerprint density at radius 3 is 2.53 bits per heavy atom. The fourth-order valence-corrected chi connectivity index (χ4v) is 1.09. The van der Waals surface area contributed by atoms with Crippen molar-refractivity contribution in [1.82, 2.24) is 0 Å². The zero-order valence-electron chi connectivity index (χ0n) is 8.77. The van der Waals surface area contributed by atoms with Gasteiger partial charge in [-0.1, -0.05) is 0 Å². The maximum absolute atomic E-state index is 11.5. The SMILES string of the molecule is CCOC(C)OC(=O)c1ccc(O)cc1. The summed E-state index contributed by atoms with van der Waals surface area (Å²) in [5.41, 5.74) is 0.388. The van der Waals surface area contributed by atoms with E-state index in [1.807, 2.05) is 6.92 Å². The average molecular weight is 210 g/mol. The van der Waals surface area contributed by atoms with E-state index in [9.17, 15) is 4.79 Å². The van der Waals surface area contributed by atoms with Crippen molar-refractivity contribution in [3.8, 4) is 5.75 Å². The molecule has 15 heavy (non-hydrogen) atoms. The average Bonchev–Trinajstić information content (AvgIpc) is 2.18. The molecular weight excluding hydrogens is 196 g/mol. The number of esters is 1. The van der Waals surface area contributed by atoms with Gasteiger partial charge in [0, 0.05) is 6.61 Å². The minimum Gasteiger partial charge on any atom is -0.508 e. The summed E-state index contributed by atoms with van der Waals surface area (Å²) in [7, 11) is 0. The lowest BCUT2D eigenvalue weighted by molar-refractivity contribution is -0.0940. The first kappa shape index (κ1) is 11.5. The van der Waals surface area contributed by atoms with Crippen LogP contribution in [0.1, 0.15) is 24.2 Å². The highest BCUT2D eigenvalue weighted by atomic mass is 16.7. The third-order valence-corrected chi connectivity index (χ3v) is 1.78. The molecule has 0 heterocycles. The van der Waals surface area contributed by atoms with Gasteiger partial charge in [0.2, 0.25) is 0 Å². The van der Waals surface area contributed by atoms with Crippen molar-refractivity contribution in [3.63, 3.8) is 0 Å². The maximum atomic E-state index is 11.5. The van der Waals surface area contributed by atoms with Gasteiger partial charge in [-0.15, -0.1) is 0 Å². The van der Waals surface area contributed by atoms with Crippen LogP contribution >= 0.6 is 0 Å². The largest absolute Gasteiger partial charge is 0.508 e. The molecule has 1 N–H and O–H groups in total. The summed E-state index contributed by atoms with van der Waals surface area (Å²) in [6.07, 6.45) is -0.559. The minimum atomic E-state index is -0.559. The zero-order chi connectivity index (χ0) is 11.3. The first-order valence-corrected chi connectivity index (χ1v) is 4.75. The van der Waals surface area contributed by atoms with Crippen molar-refractivity contribution in [2.75, 3.05) is 6.61 Å². The monoisotopic (exact) mass is 210 g/mol. The van der Waals surface area contributed by atoms with Gasteiger partial charge in [-0.3, -0.25) is 0 Å². The van der Waals surface area contributed by atoms with Crippen LogP contribution in [0.5, 0.6) is 5.75 Å². The number of hydrogen-bond acceptors (Lipinski definition) is 4. The number of hydrogen-bond donors (Lipinski definition) is 1. The smallest absolute Gasteiger partial charge is 0.340 e. The Kier molecular flexibility index (Phi) is 4.12. The van der Waals surface area contributed by atoms with Crippen molar-refractivity contribution in [3.05, 3.63) is 29.8 Å². The van der Waals surface area contributed by atoms with Gasteiger partial charge in [-0.25, -0.2) is 4.79 Å². The van der Waals surface area contributed by atoms with Crippen LogP contribution in [0.25, 0.3) is 0 Å². The molecule has 4 nitrogen and oxygen atoms in total. The molecule has 0 spiro atoms. The number of aromatic hydroxyl groups is 1. The minimum absolute atomic E-state index is 0.115. The second-order valence-corrected chi connectivity index (χ2v) is 2.98. The molecule has 1 atom stereocenters. The lowest BCUT2D eigenvalue weighted by Gasteiger charge is -2.12. The molecule has 0 radical (unpaired) electrons. The summed E-state index contributed by atoms with van der Waals surface area (Å²) in [4.78, 5) is 11.5. The van der Waals surface area contributed by atoms with E-state index >= 15 is 0 Å². The number of benzene rings is 1.